The Kier molecular flexibility index (Phi) is 4.48. The van der Waals surface area contributed by atoms with Gasteiger partial charge in [0.15, 0.2) is 5.78 Å². The van der Waals surface area contributed by atoms with Gasteiger partial charge in [-0.2, -0.15) is 0 Å². The van der Waals surface area contributed by atoms with Crippen molar-refractivity contribution < 1.29 is 4.79 Å². The molecule has 2 nitrogen and oxygen atoms in total. The summed E-state index contributed by atoms with van der Waals surface area (Å²) in [6, 6.07) is 17.4. The number of aryl methyl sites for hydroxylation is 1. The summed E-state index contributed by atoms with van der Waals surface area (Å²) in [5.41, 5.74) is 9.31. The molecule has 2 aromatic rings. The Labute approximate surface area is 114 Å². The molecule has 0 aliphatic carbocycles. The lowest BCUT2D eigenvalue weighted by molar-refractivity contribution is -0.119. The number of nitrogens with two attached hydrogens (primary N) is 1. The Morgan fingerprint density at radius 3 is 2.37 bits per heavy atom. The van der Waals surface area contributed by atoms with Crippen LogP contribution in [0.25, 0.3) is 0 Å². The smallest absolute Gasteiger partial charge is 0.154 e. The van der Waals surface area contributed by atoms with E-state index in [0.29, 0.717) is 12.8 Å². The Morgan fingerprint density at radius 1 is 1.05 bits per heavy atom. The highest BCUT2D eigenvalue weighted by Crippen LogP contribution is 2.10. The van der Waals surface area contributed by atoms with Crippen LogP contribution in [-0.2, 0) is 17.6 Å². The van der Waals surface area contributed by atoms with E-state index in [-0.39, 0.29) is 5.78 Å². The summed E-state index contributed by atoms with van der Waals surface area (Å²) in [4.78, 5) is 12.1. The number of hydrogen-bond donors (Lipinski definition) is 1. The van der Waals surface area contributed by atoms with Crippen molar-refractivity contribution in [2.75, 3.05) is 0 Å². The highest BCUT2D eigenvalue weighted by Gasteiger charge is 2.15. The van der Waals surface area contributed by atoms with Crippen molar-refractivity contribution in [2.24, 2.45) is 5.73 Å². The molecule has 0 heterocycles. The fourth-order valence-electron chi connectivity index (χ4n) is 2.11. The maximum atomic E-state index is 12.1. The van der Waals surface area contributed by atoms with Crippen LogP contribution in [0.1, 0.15) is 16.7 Å². The van der Waals surface area contributed by atoms with Gasteiger partial charge in [0.2, 0.25) is 0 Å². The average Bonchev–Trinajstić information content (AvgIpc) is 2.42. The van der Waals surface area contributed by atoms with Crippen LogP contribution in [0.5, 0.6) is 0 Å². The Bertz CT molecular complexity index is 548. The van der Waals surface area contributed by atoms with Gasteiger partial charge in [-0.25, -0.2) is 0 Å². The molecule has 0 aliphatic rings. The Morgan fingerprint density at radius 2 is 1.68 bits per heavy atom. The SMILES string of the molecule is Cc1ccccc1CC(=O)C(N)Cc1ccccc1. The molecule has 0 aliphatic heterocycles. The van der Waals surface area contributed by atoms with Gasteiger partial charge in [-0.3, -0.25) is 4.79 Å². The first kappa shape index (κ1) is 13.5. The standard InChI is InChI=1S/C17H19NO/c1-13-7-5-6-10-15(13)12-17(19)16(18)11-14-8-3-2-4-9-14/h2-10,16H,11-12,18H2,1H3. The summed E-state index contributed by atoms with van der Waals surface area (Å²) >= 11 is 0. The zero-order valence-electron chi connectivity index (χ0n) is 11.2. The molecule has 0 amide bonds. The van der Waals surface area contributed by atoms with Crippen molar-refractivity contribution in [3.8, 4) is 0 Å². The summed E-state index contributed by atoms with van der Waals surface area (Å²) in [7, 11) is 0. The highest BCUT2D eigenvalue weighted by atomic mass is 16.1. The van der Waals surface area contributed by atoms with Gasteiger partial charge >= 0.3 is 0 Å². The molecule has 2 N–H and O–H groups in total. The van der Waals surface area contributed by atoms with E-state index in [2.05, 4.69) is 0 Å². The average molecular weight is 253 g/mol. The van der Waals surface area contributed by atoms with Gasteiger partial charge in [0.05, 0.1) is 6.04 Å². The quantitative estimate of drug-likeness (QED) is 0.890. The maximum absolute atomic E-state index is 12.1. The van der Waals surface area contributed by atoms with Crippen molar-refractivity contribution in [1.29, 1.82) is 0 Å². The van der Waals surface area contributed by atoms with E-state index < -0.39 is 6.04 Å². The van der Waals surface area contributed by atoms with E-state index in [1.807, 2.05) is 61.5 Å². The minimum absolute atomic E-state index is 0.0955. The van der Waals surface area contributed by atoms with Crippen LogP contribution in [0.3, 0.4) is 0 Å². The Balaban J connectivity index is 1.99. The molecule has 0 saturated heterocycles. The topological polar surface area (TPSA) is 43.1 Å². The molecule has 2 aromatic carbocycles. The lowest BCUT2D eigenvalue weighted by Crippen LogP contribution is -2.34. The molecular weight excluding hydrogens is 234 g/mol. The molecule has 1 atom stereocenters. The third kappa shape index (κ3) is 3.76. The molecule has 0 fully saturated rings. The third-order valence-corrected chi connectivity index (χ3v) is 3.34. The molecule has 0 aromatic heterocycles. The fraction of sp³-hybridized carbons (Fsp3) is 0.235. The summed E-state index contributed by atoms with van der Waals surface area (Å²) in [6.45, 7) is 2.02. The molecule has 1 unspecified atom stereocenters. The van der Waals surface area contributed by atoms with Crippen molar-refractivity contribution >= 4 is 5.78 Å². The van der Waals surface area contributed by atoms with Crippen molar-refractivity contribution in [3.05, 3.63) is 71.3 Å². The molecule has 0 bridgehead atoms. The predicted molar refractivity (Wildman–Crippen MR) is 78.0 cm³/mol. The van der Waals surface area contributed by atoms with E-state index in [1.165, 1.54) is 0 Å². The van der Waals surface area contributed by atoms with Crippen LogP contribution in [-0.4, -0.2) is 11.8 Å². The monoisotopic (exact) mass is 253 g/mol. The first-order valence-electron chi connectivity index (χ1n) is 6.53. The molecule has 0 saturated carbocycles. The van der Waals surface area contributed by atoms with Gasteiger partial charge in [0, 0.05) is 6.42 Å². The van der Waals surface area contributed by atoms with Crippen LogP contribution in [0.4, 0.5) is 0 Å². The number of rotatable bonds is 5. The largest absolute Gasteiger partial charge is 0.321 e. The van der Waals surface area contributed by atoms with Crippen LogP contribution in [0, 0.1) is 6.92 Å². The first-order chi connectivity index (χ1) is 9.16. The molecular formula is C17H19NO. The molecule has 98 valence electrons. The number of benzene rings is 2. The van der Waals surface area contributed by atoms with Gasteiger partial charge < -0.3 is 5.73 Å². The van der Waals surface area contributed by atoms with Crippen molar-refractivity contribution in [2.45, 2.75) is 25.8 Å². The van der Waals surface area contributed by atoms with Crippen LogP contribution < -0.4 is 5.73 Å². The third-order valence-electron chi connectivity index (χ3n) is 3.34. The molecule has 2 heteroatoms. The molecule has 0 spiro atoms. The lowest BCUT2D eigenvalue weighted by Gasteiger charge is -2.12. The van der Waals surface area contributed by atoms with E-state index in [0.717, 1.165) is 16.7 Å². The highest BCUT2D eigenvalue weighted by molar-refractivity contribution is 5.86. The van der Waals surface area contributed by atoms with E-state index >= 15 is 0 Å². The minimum Gasteiger partial charge on any atom is -0.321 e. The van der Waals surface area contributed by atoms with E-state index in [4.69, 9.17) is 5.73 Å². The van der Waals surface area contributed by atoms with Crippen LogP contribution >= 0.6 is 0 Å². The van der Waals surface area contributed by atoms with E-state index in [9.17, 15) is 4.79 Å². The lowest BCUT2D eigenvalue weighted by atomic mass is 9.96. The van der Waals surface area contributed by atoms with Gasteiger partial charge in [0.25, 0.3) is 0 Å². The summed E-state index contributed by atoms with van der Waals surface area (Å²) in [5.74, 6) is 0.0955. The second-order valence-electron chi connectivity index (χ2n) is 4.87. The van der Waals surface area contributed by atoms with Gasteiger partial charge in [-0.05, 0) is 30.0 Å². The van der Waals surface area contributed by atoms with Gasteiger partial charge in [-0.15, -0.1) is 0 Å². The van der Waals surface area contributed by atoms with Gasteiger partial charge in [-0.1, -0.05) is 54.6 Å². The number of hydrogen-bond acceptors (Lipinski definition) is 2. The number of carbonyl (C=O) groups excluding carboxylic acids is 1. The number of Topliss-reactive ketones (excluding diaryl/α,β-unsaturated/α-hetero) is 1. The second-order valence-corrected chi connectivity index (χ2v) is 4.87. The second kappa shape index (κ2) is 6.30. The Hall–Kier alpha value is -1.93. The van der Waals surface area contributed by atoms with Gasteiger partial charge in [0.1, 0.15) is 0 Å². The molecule has 19 heavy (non-hydrogen) atoms. The summed E-state index contributed by atoms with van der Waals surface area (Å²) in [6.07, 6.45) is 1.02. The number of carbonyl (C=O) groups is 1. The zero-order chi connectivity index (χ0) is 13.7. The first-order valence-corrected chi connectivity index (χ1v) is 6.53. The minimum atomic E-state index is -0.429. The zero-order valence-corrected chi connectivity index (χ0v) is 11.2. The summed E-state index contributed by atoms with van der Waals surface area (Å²) in [5, 5.41) is 0. The van der Waals surface area contributed by atoms with Crippen molar-refractivity contribution in [1.82, 2.24) is 0 Å². The van der Waals surface area contributed by atoms with E-state index in [1.54, 1.807) is 0 Å². The predicted octanol–water partition coefficient (Wildman–Crippen LogP) is 2.68. The number of ketones is 1. The maximum Gasteiger partial charge on any atom is 0.154 e. The normalized spacial score (nSPS) is 12.1. The fourth-order valence-corrected chi connectivity index (χ4v) is 2.11. The van der Waals surface area contributed by atoms with Crippen molar-refractivity contribution in [3.63, 3.8) is 0 Å². The molecule has 0 radical (unpaired) electrons. The summed E-state index contributed by atoms with van der Waals surface area (Å²) < 4.78 is 0. The molecule has 2 rings (SSSR count). The van der Waals surface area contributed by atoms with Crippen LogP contribution in [0.15, 0.2) is 54.6 Å². The van der Waals surface area contributed by atoms with Crippen LogP contribution in [0.2, 0.25) is 0 Å².